The van der Waals surface area contributed by atoms with Gasteiger partial charge in [-0.1, -0.05) is 41.7 Å². The van der Waals surface area contributed by atoms with Crippen LogP contribution in [-0.4, -0.2) is 58.9 Å². The summed E-state index contributed by atoms with van der Waals surface area (Å²) in [6.45, 7) is 4.99. The number of fused-ring (bicyclic) bond motifs is 1. The molecule has 32 heavy (non-hydrogen) atoms. The fourth-order valence-electron chi connectivity index (χ4n) is 3.98. The van der Waals surface area contributed by atoms with E-state index in [0.717, 1.165) is 51.3 Å². The third-order valence-corrected chi connectivity index (χ3v) is 7.01. The zero-order valence-corrected chi connectivity index (χ0v) is 19.0. The van der Waals surface area contributed by atoms with Crippen molar-refractivity contribution in [2.75, 3.05) is 38.2 Å². The monoisotopic (exact) mass is 447 g/mol. The second kappa shape index (κ2) is 8.63. The molecule has 1 aliphatic heterocycles. The van der Waals surface area contributed by atoms with Crippen LogP contribution in [0.4, 0.5) is 5.13 Å². The van der Waals surface area contributed by atoms with Gasteiger partial charge in [-0.3, -0.25) is 4.79 Å². The second-order valence-corrected chi connectivity index (χ2v) is 8.85. The maximum Gasteiger partial charge on any atom is 0.227 e. The molecule has 0 spiro atoms. The summed E-state index contributed by atoms with van der Waals surface area (Å²) in [5.74, 6) is 0.964. The number of piperazine rings is 1. The van der Waals surface area contributed by atoms with Crippen LogP contribution in [0.25, 0.3) is 16.0 Å². The van der Waals surface area contributed by atoms with Crippen molar-refractivity contribution in [1.82, 2.24) is 19.7 Å². The Hall–Kier alpha value is -3.39. The van der Waals surface area contributed by atoms with Gasteiger partial charge < -0.3 is 14.5 Å². The van der Waals surface area contributed by atoms with E-state index in [9.17, 15) is 4.79 Å². The number of ether oxygens (including phenoxy) is 1. The van der Waals surface area contributed by atoms with Crippen LogP contribution in [0.2, 0.25) is 0 Å². The quantitative estimate of drug-likeness (QED) is 0.467. The first-order valence-corrected chi connectivity index (χ1v) is 11.5. The molecule has 3 heterocycles. The lowest BCUT2D eigenvalue weighted by molar-refractivity contribution is -0.130. The summed E-state index contributed by atoms with van der Waals surface area (Å²) in [6.07, 6.45) is 0.414. The summed E-state index contributed by atoms with van der Waals surface area (Å²) < 4.78 is 8.22. The number of amides is 1. The third-order valence-electron chi connectivity index (χ3n) is 5.80. The van der Waals surface area contributed by atoms with E-state index in [0.29, 0.717) is 19.5 Å². The minimum atomic E-state index is 0.162. The van der Waals surface area contributed by atoms with E-state index in [1.807, 2.05) is 71.1 Å². The molecule has 0 atom stereocenters. The average Bonchev–Trinajstić information content (AvgIpc) is 3.41. The molecule has 0 N–H and O–H groups in total. The van der Waals surface area contributed by atoms with Gasteiger partial charge in [0, 0.05) is 26.2 Å². The fourth-order valence-corrected chi connectivity index (χ4v) is 5.02. The minimum Gasteiger partial charge on any atom is -0.497 e. The molecule has 0 radical (unpaired) electrons. The summed E-state index contributed by atoms with van der Waals surface area (Å²) in [5.41, 5.74) is 3.90. The van der Waals surface area contributed by atoms with Crippen LogP contribution < -0.4 is 9.64 Å². The largest absolute Gasteiger partial charge is 0.497 e. The van der Waals surface area contributed by atoms with Crippen LogP contribution >= 0.6 is 11.3 Å². The summed E-state index contributed by atoms with van der Waals surface area (Å²) in [6, 6.07) is 17.8. The van der Waals surface area contributed by atoms with Crippen molar-refractivity contribution in [1.29, 1.82) is 0 Å². The number of hydrogen-bond acceptors (Lipinski definition) is 6. The zero-order valence-electron chi connectivity index (χ0n) is 18.2. The van der Waals surface area contributed by atoms with Crippen LogP contribution in [0, 0.1) is 6.92 Å². The molecule has 1 amide bonds. The fraction of sp³-hybridized carbons (Fsp3) is 0.292. The highest BCUT2D eigenvalue weighted by molar-refractivity contribution is 7.22. The van der Waals surface area contributed by atoms with Crippen molar-refractivity contribution in [3.8, 4) is 11.4 Å². The van der Waals surface area contributed by atoms with Crippen molar-refractivity contribution in [3.05, 3.63) is 65.9 Å². The first-order chi connectivity index (χ1) is 15.6. The van der Waals surface area contributed by atoms with Gasteiger partial charge in [0.2, 0.25) is 5.91 Å². The average molecular weight is 448 g/mol. The molecular weight excluding hydrogens is 422 g/mol. The number of methoxy groups -OCH3 is 1. The number of nitrogens with zero attached hydrogens (tertiary/aromatic N) is 5. The van der Waals surface area contributed by atoms with Gasteiger partial charge in [-0.05, 0) is 36.8 Å². The SMILES string of the molecule is COc1ccc(CC(=O)N2CCN(c3nc4c(s3)c(C)nn4-c3ccccc3)CC2)cc1. The van der Waals surface area contributed by atoms with Crippen LogP contribution in [0.1, 0.15) is 11.3 Å². The lowest BCUT2D eigenvalue weighted by atomic mass is 10.1. The third kappa shape index (κ3) is 3.93. The summed E-state index contributed by atoms with van der Waals surface area (Å²) >= 11 is 1.68. The number of benzene rings is 2. The molecule has 2 aromatic heterocycles. The minimum absolute atomic E-state index is 0.162. The normalized spacial score (nSPS) is 14.2. The Balaban J connectivity index is 1.26. The maximum atomic E-state index is 12.8. The highest BCUT2D eigenvalue weighted by Gasteiger charge is 2.24. The number of aromatic nitrogens is 3. The molecule has 164 valence electrons. The first-order valence-electron chi connectivity index (χ1n) is 10.7. The Morgan fingerprint density at radius 1 is 1.03 bits per heavy atom. The molecule has 1 fully saturated rings. The predicted octanol–water partition coefficient (Wildman–Crippen LogP) is 3.69. The molecule has 0 saturated carbocycles. The number of carbonyl (C=O) groups excluding carboxylic acids is 1. The Morgan fingerprint density at radius 2 is 1.75 bits per heavy atom. The highest BCUT2D eigenvalue weighted by Crippen LogP contribution is 2.33. The maximum absolute atomic E-state index is 12.8. The second-order valence-electron chi connectivity index (χ2n) is 7.87. The van der Waals surface area contributed by atoms with E-state index in [1.54, 1.807) is 18.4 Å². The molecule has 1 aliphatic rings. The topological polar surface area (TPSA) is 63.5 Å². The van der Waals surface area contributed by atoms with Gasteiger partial charge in [0.1, 0.15) is 5.75 Å². The molecule has 1 saturated heterocycles. The van der Waals surface area contributed by atoms with Gasteiger partial charge in [-0.2, -0.15) is 10.1 Å². The highest BCUT2D eigenvalue weighted by atomic mass is 32.1. The molecule has 8 heteroatoms. The zero-order chi connectivity index (χ0) is 22.1. The van der Waals surface area contributed by atoms with Crippen molar-refractivity contribution in [2.45, 2.75) is 13.3 Å². The smallest absolute Gasteiger partial charge is 0.227 e. The molecule has 0 aliphatic carbocycles. The summed E-state index contributed by atoms with van der Waals surface area (Å²) in [4.78, 5) is 21.9. The van der Waals surface area contributed by atoms with E-state index in [-0.39, 0.29) is 5.91 Å². The van der Waals surface area contributed by atoms with Crippen molar-refractivity contribution in [3.63, 3.8) is 0 Å². The predicted molar refractivity (Wildman–Crippen MR) is 127 cm³/mol. The Morgan fingerprint density at radius 3 is 2.44 bits per heavy atom. The van der Waals surface area contributed by atoms with Crippen LogP contribution in [0.3, 0.4) is 0 Å². The lowest BCUT2D eigenvalue weighted by Gasteiger charge is -2.34. The number of para-hydroxylation sites is 1. The van der Waals surface area contributed by atoms with Gasteiger partial charge in [-0.25, -0.2) is 4.68 Å². The summed E-state index contributed by atoms with van der Waals surface area (Å²) in [5, 5.41) is 5.67. The van der Waals surface area contributed by atoms with Gasteiger partial charge in [0.15, 0.2) is 10.8 Å². The van der Waals surface area contributed by atoms with Gasteiger partial charge in [-0.15, -0.1) is 0 Å². The van der Waals surface area contributed by atoms with Crippen molar-refractivity contribution >= 4 is 32.7 Å². The van der Waals surface area contributed by atoms with Crippen LogP contribution in [-0.2, 0) is 11.2 Å². The van der Waals surface area contributed by atoms with E-state index in [2.05, 4.69) is 10.00 Å². The van der Waals surface area contributed by atoms with Crippen molar-refractivity contribution < 1.29 is 9.53 Å². The number of rotatable bonds is 5. The number of hydrogen-bond donors (Lipinski definition) is 0. The van der Waals surface area contributed by atoms with E-state index < -0.39 is 0 Å². The lowest BCUT2D eigenvalue weighted by Crippen LogP contribution is -2.49. The Kier molecular flexibility index (Phi) is 5.53. The standard InChI is InChI=1S/C24H25N5O2S/c1-17-22-23(29(26-17)19-6-4-3-5-7-19)25-24(32-22)28-14-12-27(13-15-28)21(30)16-18-8-10-20(31-2)11-9-18/h3-11H,12-16H2,1-2H3. The Bertz CT molecular complexity index is 1220. The molecule has 0 unspecified atom stereocenters. The van der Waals surface area contributed by atoms with Crippen LogP contribution in [0.5, 0.6) is 5.75 Å². The van der Waals surface area contributed by atoms with E-state index in [1.165, 1.54) is 0 Å². The molecule has 7 nitrogen and oxygen atoms in total. The van der Waals surface area contributed by atoms with Crippen LogP contribution in [0.15, 0.2) is 54.6 Å². The number of aryl methyl sites for hydroxylation is 1. The molecular formula is C24H25N5O2S. The van der Waals surface area contributed by atoms with Crippen molar-refractivity contribution in [2.24, 2.45) is 0 Å². The molecule has 5 rings (SSSR count). The first kappa shape index (κ1) is 20.5. The molecule has 0 bridgehead atoms. The van der Waals surface area contributed by atoms with E-state index in [4.69, 9.17) is 9.72 Å². The van der Waals surface area contributed by atoms with Gasteiger partial charge in [0.05, 0.1) is 29.6 Å². The van der Waals surface area contributed by atoms with Gasteiger partial charge >= 0.3 is 0 Å². The van der Waals surface area contributed by atoms with E-state index >= 15 is 0 Å². The number of thiazole rings is 1. The van der Waals surface area contributed by atoms with Gasteiger partial charge in [0.25, 0.3) is 0 Å². The summed E-state index contributed by atoms with van der Waals surface area (Å²) in [7, 11) is 1.64. The molecule has 4 aromatic rings. The Labute approximate surface area is 190 Å². The number of carbonyl (C=O) groups is 1. The molecule has 2 aromatic carbocycles. The number of anilines is 1.